The molecule has 1 heterocycles. The van der Waals surface area contributed by atoms with Gasteiger partial charge in [0, 0.05) is 6.42 Å². The van der Waals surface area contributed by atoms with Gasteiger partial charge in [0.25, 0.3) is 0 Å². The maximum Gasteiger partial charge on any atom is 0.198 e. The number of benzene rings is 1. The molecule has 0 fully saturated rings. The molecule has 0 aromatic heterocycles. The van der Waals surface area contributed by atoms with E-state index in [1.54, 1.807) is 6.92 Å². The topological polar surface area (TPSA) is 26.3 Å². The lowest BCUT2D eigenvalue weighted by atomic mass is 10.0. The van der Waals surface area contributed by atoms with Crippen LogP contribution in [0, 0.1) is 0 Å². The Bertz CT molecular complexity index is 368. The molecule has 2 rings (SSSR count). The molecule has 1 aromatic rings. The largest absolute Gasteiger partial charge is 0.482 e. The Morgan fingerprint density at radius 1 is 1.50 bits per heavy atom. The molecule has 0 aliphatic carbocycles. The Morgan fingerprint density at radius 3 is 2.86 bits per heavy atom. The van der Waals surface area contributed by atoms with Crippen molar-refractivity contribution >= 4 is 5.78 Å². The van der Waals surface area contributed by atoms with Gasteiger partial charge in [-0.15, -0.1) is 0 Å². The number of ether oxygens (including phenoxy) is 1. The maximum atomic E-state index is 11.6. The van der Waals surface area contributed by atoms with Crippen LogP contribution in [-0.2, 0) is 11.2 Å². The summed E-state index contributed by atoms with van der Waals surface area (Å²) >= 11 is 0. The Hall–Kier alpha value is -1.57. The van der Waals surface area contributed by atoms with Crippen LogP contribution < -0.4 is 4.74 Å². The number of fused-ring (bicyclic) bond motifs is 1. The van der Waals surface area contributed by atoms with Gasteiger partial charge in [0.2, 0.25) is 0 Å². The molecule has 72 valence electrons. The van der Waals surface area contributed by atoms with E-state index in [0.717, 1.165) is 11.3 Å². The molecular formula is C12H12O2. The Morgan fingerprint density at radius 2 is 2.21 bits per heavy atom. The fraction of sp³-hybridized carbons (Fsp3) is 0.250. The first-order valence-electron chi connectivity index (χ1n) is 4.63. The number of carbonyl (C=O) groups is 1. The van der Waals surface area contributed by atoms with E-state index in [0.29, 0.717) is 12.0 Å². The van der Waals surface area contributed by atoms with E-state index in [1.165, 1.54) is 0 Å². The fourth-order valence-electron chi connectivity index (χ4n) is 1.60. The number of Topliss-reactive ketones (excluding diaryl/α,β-unsaturated/α-hetero) is 1. The van der Waals surface area contributed by atoms with Gasteiger partial charge in [-0.05, 0) is 24.1 Å². The van der Waals surface area contributed by atoms with E-state index < -0.39 is 0 Å². The number of hydrogen-bond acceptors (Lipinski definition) is 2. The molecular weight excluding hydrogens is 176 g/mol. The van der Waals surface area contributed by atoms with Gasteiger partial charge in [0.05, 0.1) is 0 Å². The zero-order valence-corrected chi connectivity index (χ0v) is 8.12. The number of rotatable bonds is 2. The summed E-state index contributed by atoms with van der Waals surface area (Å²) in [5.74, 6) is 0.827. The first kappa shape index (κ1) is 9.00. The summed E-state index contributed by atoms with van der Waals surface area (Å²) < 4.78 is 5.52. The van der Waals surface area contributed by atoms with Gasteiger partial charge < -0.3 is 4.74 Å². The minimum atomic E-state index is -0.357. The minimum absolute atomic E-state index is 0.00111. The van der Waals surface area contributed by atoms with Gasteiger partial charge in [0.15, 0.2) is 11.9 Å². The van der Waals surface area contributed by atoms with Crippen molar-refractivity contribution in [2.24, 2.45) is 0 Å². The third-order valence-electron chi connectivity index (χ3n) is 2.36. The highest BCUT2D eigenvalue weighted by Crippen LogP contribution is 2.29. The van der Waals surface area contributed by atoms with Gasteiger partial charge >= 0.3 is 0 Å². The van der Waals surface area contributed by atoms with Crippen LogP contribution in [0.2, 0.25) is 0 Å². The van der Waals surface area contributed by atoms with E-state index in [1.807, 2.05) is 24.3 Å². The smallest absolute Gasteiger partial charge is 0.198 e. The summed E-state index contributed by atoms with van der Waals surface area (Å²) in [7, 11) is 0. The predicted molar refractivity (Wildman–Crippen MR) is 54.4 cm³/mol. The fourth-order valence-corrected chi connectivity index (χ4v) is 1.60. The van der Waals surface area contributed by atoms with E-state index in [9.17, 15) is 4.79 Å². The van der Waals surface area contributed by atoms with Crippen molar-refractivity contribution in [1.82, 2.24) is 0 Å². The Balaban J connectivity index is 2.20. The van der Waals surface area contributed by atoms with E-state index in [2.05, 4.69) is 6.58 Å². The van der Waals surface area contributed by atoms with Crippen LogP contribution in [0.25, 0.3) is 0 Å². The molecule has 1 aliphatic rings. The first-order valence-corrected chi connectivity index (χ1v) is 4.63. The lowest BCUT2D eigenvalue weighted by Crippen LogP contribution is -2.25. The summed E-state index contributed by atoms with van der Waals surface area (Å²) in [5.41, 5.74) is 1.66. The van der Waals surface area contributed by atoms with Crippen molar-refractivity contribution in [3.8, 4) is 5.75 Å². The third kappa shape index (κ3) is 1.43. The second-order valence-corrected chi connectivity index (χ2v) is 3.56. The van der Waals surface area contributed by atoms with Crippen molar-refractivity contribution < 1.29 is 9.53 Å². The lowest BCUT2D eigenvalue weighted by Gasteiger charge is -2.08. The Kier molecular flexibility index (Phi) is 2.12. The predicted octanol–water partition coefficient (Wildman–Crippen LogP) is 2.14. The molecule has 0 bridgehead atoms. The molecule has 0 amide bonds. The first-order chi connectivity index (χ1) is 6.68. The highest BCUT2D eigenvalue weighted by atomic mass is 16.5. The molecule has 1 unspecified atom stereocenters. The SMILES string of the molecule is C=C(C)C(=O)C1Cc2ccccc2O1. The summed E-state index contributed by atoms with van der Waals surface area (Å²) in [5, 5.41) is 0. The minimum Gasteiger partial charge on any atom is -0.482 e. The summed E-state index contributed by atoms with van der Waals surface area (Å²) in [6, 6.07) is 7.74. The highest BCUT2D eigenvalue weighted by molar-refractivity contribution is 5.98. The van der Waals surface area contributed by atoms with Crippen molar-refractivity contribution in [3.63, 3.8) is 0 Å². The molecule has 0 saturated carbocycles. The average Bonchev–Trinajstić information content (AvgIpc) is 2.59. The molecule has 0 radical (unpaired) electrons. The summed E-state index contributed by atoms with van der Waals surface area (Å²) in [6.45, 7) is 5.35. The van der Waals surface area contributed by atoms with Crippen molar-refractivity contribution in [1.29, 1.82) is 0 Å². The maximum absolute atomic E-state index is 11.6. The number of hydrogen-bond donors (Lipinski definition) is 0. The molecule has 2 nitrogen and oxygen atoms in total. The van der Waals surface area contributed by atoms with Crippen LogP contribution in [0.5, 0.6) is 5.75 Å². The van der Waals surface area contributed by atoms with Gasteiger partial charge in [-0.25, -0.2) is 0 Å². The zero-order chi connectivity index (χ0) is 10.1. The summed E-state index contributed by atoms with van der Waals surface area (Å²) in [4.78, 5) is 11.6. The van der Waals surface area contributed by atoms with Crippen molar-refractivity contribution in [2.75, 3.05) is 0 Å². The number of carbonyl (C=O) groups excluding carboxylic acids is 1. The van der Waals surface area contributed by atoms with Crippen LogP contribution in [0.4, 0.5) is 0 Å². The van der Waals surface area contributed by atoms with E-state index >= 15 is 0 Å². The quantitative estimate of drug-likeness (QED) is 0.664. The molecule has 2 heteroatoms. The molecule has 0 N–H and O–H groups in total. The number of ketones is 1. The standard InChI is InChI=1S/C12H12O2/c1-8(2)12(13)11-7-9-5-3-4-6-10(9)14-11/h3-6,11H,1,7H2,2H3. The molecule has 1 atom stereocenters. The molecule has 0 spiro atoms. The Labute approximate surface area is 83.2 Å². The molecule has 1 aromatic carbocycles. The monoisotopic (exact) mass is 188 g/mol. The highest BCUT2D eigenvalue weighted by Gasteiger charge is 2.28. The second-order valence-electron chi connectivity index (χ2n) is 3.56. The summed E-state index contributed by atoms with van der Waals surface area (Å²) in [6.07, 6.45) is 0.312. The normalized spacial score (nSPS) is 18.5. The van der Waals surface area contributed by atoms with Crippen LogP contribution in [0.1, 0.15) is 12.5 Å². The van der Waals surface area contributed by atoms with Gasteiger partial charge in [0.1, 0.15) is 5.75 Å². The molecule has 14 heavy (non-hydrogen) atoms. The van der Waals surface area contributed by atoms with Crippen LogP contribution >= 0.6 is 0 Å². The van der Waals surface area contributed by atoms with E-state index in [4.69, 9.17) is 4.74 Å². The van der Waals surface area contributed by atoms with Gasteiger partial charge in [-0.3, -0.25) is 4.79 Å². The van der Waals surface area contributed by atoms with E-state index in [-0.39, 0.29) is 11.9 Å². The average molecular weight is 188 g/mol. The van der Waals surface area contributed by atoms with Gasteiger partial charge in [-0.1, -0.05) is 24.8 Å². The molecule has 1 aliphatic heterocycles. The third-order valence-corrected chi connectivity index (χ3v) is 2.36. The van der Waals surface area contributed by atoms with Crippen LogP contribution in [0.15, 0.2) is 36.4 Å². The lowest BCUT2D eigenvalue weighted by molar-refractivity contribution is -0.121. The number of para-hydroxylation sites is 1. The van der Waals surface area contributed by atoms with Crippen LogP contribution in [0.3, 0.4) is 0 Å². The zero-order valence-electron chi connectivity index (χ0n) is 8.12. The molecule has 0 saturated heterocycles. The second kappa shape index (κ2) is 3.29. The van der Waals surface area contributed by atoms with Gasteiger partial charge in [-0.2, -0.15) is 0 Å². The van der Waals surface area contributed by atoms with Crippen LogP contribution in [-0.4, -0.2) is 11.9 Å². The van der Waals surface area contributed by atoms with Crippen molar-refractivity contribution in [2.45, 2.75) is 19.4 Å². The van der Waals surface area contributed by atoms with Crippen molar-refractivity contribution in [3.05, 3.63) is 42.0 Å².